The van der Waals surface area contributed by atoms with Crippen LogP contribution in [0.3, 0.4) is 0 Å². The van der Waals surface area contributed by atoms with Gasteiger partial charge in [-0.15, -0.1) is 0 Å². The summed E-state index contributed by atoms with van der Waals surface area (Å²) in [5.41, 5.74) is 0.0460. The Morgan fingerprint density at radius 3 is 2.78 bits per heavy atom. The Bertz CT molecular complexity index is 433. The number of benzene rings is 1. The van der Waals surface area contributed by atoms with Crippen LogP contribution in [-0.2, 0) is 0 Å². The highest BCUT2D eigenvalue weighted by Gasteiger charge is 2.15. The van der Waals surface area contributed by atoms with Crippen LogP contribution in [0.4, 0.5) is 5.69 Å². The summed E-state index contributed by atoms with van der Waals surface area (Å²) >= 11 is 3.25. The lowest BCUT2D eigenvalue weighted by Crippen LogP contribution is -2.30. The quantitative estimate of drug-likeness (QED) is 0.685. The van der Waals surface area contributed by atoms with E-state index in [2.05, 4.69) is 21.2 Å². The van der Waals surface area contributed by atoms with Crippen molar-refractivity contribution < 1.29 is 9.66 Å². The minimum absolute atomic E-state index is 0.0460. The zero-order chi connectivity index (χ0) is 13.0. The lowest BCUT2D eigenvalue weighted by molar-refractivity contribution is -0.385. The SMILES string of the molecule is O=[N+]([O-])c1cc(Br)cc(OCC2CCNCC2)c1. The van der Waals surface area contributed by atoms with Crippen molar-refractivity contribution in [3.05, 3.63) is 32.8 Å². The van der Waals surface area contributed by atoms with Gasteiger partial charge in [-0.3, -0.25) is 10.1 Å². The van der Waals surface area contributed by atoms with Crippen molar-refractivity contribution in [2.75, 3.05) is 19.7 Å². The lowest BCUT2D eigenvalue weighted by atomic mass is 9.99. The molecule has 0 aromatic heterocycles. The second kappa shape index (κ2) is 6.15. The number of hydrogen-bond acceptors (Lipinski definition) is 4. The van der Waals surface area contributed by atoms with E-state index in [1.807, 2.05) is 0 Å². The highest BCUT2D eigenvalue weighted by Crippen LogP contribution is 2.27. The molecule has 2 rings (SSSR count). The maximum absolute atomic E-state index is 10.7. The van der Waals surface area contributed by atoms with E-state index in [1.54, 1.807) is 6.07 Å². The fourth-order valence-corrected chi connectivity index (χ4v) is 2.46. The average Bonchev–Trinajstić information content (AvgIpc) is 2.37. The molecule has 0 atom stereocenters. The number of nitrogens with zero attached hydrogens (tertiary/aromatic N) is 1. The van der Waals surface area contributed by atoms with Gasteiger partial charge in [0.15, 0.2) is 0 Å². The van der Waals surface area contributed by atoms with Gasteiger partial charge in [-0.25, -0.2) is 0 Å². The van der Waals surface area contributed by atoms with Crippen LogP contribution in [0.25, 0.3) is 0 Å². The summed E-state index contributed by atoms with van der Waals surface area (Å²) in [6.45, 7) is 2.66. The van der Waals surface area contributed by atoms with E-state index in [0.717, 1.165) is 25.9 Å². The number of nitrogens with one attached hydrogen (secondary N) is 1. The molecule has 1 heterocycles. The van der Waals surface area contributed by atoms with Gasteiger partial charge in [0.05, 0.1) is 17.6 Å². The van der Waals surface area contributed by atoms with E-state index in [1.165, 1.54) is 12.1 Å². The topological polar surface area (TPSA) is 64.4 Å². The highest BCUT2D eigenvalue weighted by atomic mass is 79.9. The maximum Gasteiger partial charge on any atom is 0.274 e. The number of nitro benzene ring substituents is 1. The van der Waals surface area contributed by atoms with Gasteiger partial charge in [-0.2, -0.15) is 0 Å². The van der Waals surface area contributed by atoms with Crippen molar-refractivity contribution in [3.63, 3.8) is 0 Å². The lowest BCUT2D eigenvalue weighted by Gasteiger charge is -2.22. The van der Waals surface area contributed by atoms with Crippen LogP contribution in [0.2, 0.25) is 0 Å². The summed E-state index contributed by atoms with van der Waals surface area (Å²) in [6.07, 6.45) is 2.19. The predicted molar refractivity (Wildman–Crippen MR) is 71.9 cm³/mol. The van der Waals surface area contributed by atoms with Crippen LogP contribution >= 0.6 is 15.9 Å². The van der Waals surface area contributed by atoms with Crippen LogP contribution in [0.5, 0.6) is 5.75 Å². The second-order valence-corrected chi connectivity index (χ2v) is 5.32. The third-order valence-electron chi connectivity index (χ3n) is 3.01. The number of piperidine rings is 1. The van der Waals surface area contributed by atoms with Gasteiger partial charge in [0.1, 0.15) is 5.75 Å². The molecule has 1 aliphatic rings. The Morgan fingerprint density at radius 1 is 1.39 bits per heavy atom. The van der Waals surface area contributed by atoms with E-state index in [-0.39, 0.29) is 5.69 Å². The molecule has 0 saturated carbocycles. The number of ether oxygens (including phenoxy) is 1. The molecule has 1 aromatic rings. The molecular weight excluding hydrogens is 300 g/mol. The van der Waals surface area contributed by atoms with Crippen LogP contribution in [0, 0.1) is 16.0 Å². The smallest absolute Gasteiger partial charge is 0.274 e. The first kappa shape index (κ1) is 13.3. The van der Waals surface area contributed by atoms with Crippen molar-refractivity contribution in [2.45, 2.75) is 12.8 Å². The molecule has 0 bridgehead atoms. The van der Waals surface area contributed by atoms with Crippen molar-refractivity contribution in [2.24, 2.45) is 5.92 Å². The van der Waals surface area contributed by atoms with Crippen molar-refractivity contribution in [1.29, 1.82) is 0 Å². The molecule has 1 N–H and O–H groups in total. The average molecular weight is 315 g/mol. The molecule has 0 unspecified atom stereocenters. The van der Waals surface area contributed by atoms with E-state index in [9.17, 15) is 10.1 Å². The van der Waals surface area contributed by atoms with Crippen LogP contribution in [0.1, 0.15) is 12.8 Å². The number of hydrogen-bond donors (Lipinski definition) is 1. The minimum Gasteiger partial charge on any atom is -0.493 e. The van der Waals surface area contributed by atoms with Crippen molar-refractivity contribution >= 4 is 21.6 Å². The number of nitro groups is 1. The highest BCUT2D eigenvalue weighted by molar-refractivity contribution is 9.10. The molecule has 1 aromatic carbocycles. The Morgan fingerprint density at radius 2 is 2.11 bits per heavy atom. The fraction of sp³-hybridized carbons (Fsp3) is 0.500. The van der Waals surface area contributed by atoms with Gasteiger partial charge in [-0.1, -0.05) is 15.9 Å². The van der Waals surface area contributed by atoms with Gasteiger partial charge in [0.2, 0.25) is 0 Å². The van der Waals surface area contributed by atoms with Crippen molar-refractivity contribution in [1.82, 2.24) is 5.32 Å². The van der Waals surface area contributed by atoms with Crippen LogP contribution in [0.15, 0.2) is 22.7 Å². The zero-order valence-corrected chi connectivity index (χ0v) is 11.5. The first-order valence-corrected chi connectivity index (χ1v) is 6.73. The van der Waals surface area contributed by atoms with E-state index in [0.29, 0.717) is 22.7 Å². The van der Waals surface area contributed by atoms with E-state index < -0.39 is 4.92 Å². The molecule has 1 fully saturated rings. The standard InChI is InChI=1S/C12H15BrN2O3/c13-10-5-11(15(16)17)7-12(6-10)18-8-9-1-3-14-4-2-9/h5-7,9,14H,1-4,8H2. The fourth-order valence-electron chi connectivity index (χ4n) is 2.00. The number of rotatable bonds is 4. The molecule has 5 nitrogen and oxygen atoms in total. The third-order valence-corrected chi connectivity index (χ3v) is 3.47. The second-order valence-electron chi connectivity index (χ2n) is 4.41. The summed E-state index contributed by atoms with van der Waals surface area (Å²) in [4.78, 5) is 10.3. The van der Waals surface area contributed by atoms with Crippen LogP contribution in [-0.4, -0.2) is 24.6 Å². The molecule has 1 saturated heterocycles. The van der Waals surface area contributed by atoms with E-state index in [4.69, 9.17) is 4.74 Å². The Balaban J connectivity index is 1.97. The van der Waals surface area contributed by atoms with Crippen LogP contribution < -0.4 is 10.1 Å². The Hall–Kier alpha value is -1.14. The van der Waals surface area contributed by atoms with Gasteiger partial charge < -0.3 is 10.1 Å². The molecule has 98 valence electrons. The molecule has 0 aliphatic carbocycles. The predicted octanol–water partition coefficient (Wildman–Crippen LogP) is 2.74. The van der Waals surface area contributed by atoms with E-state index >= 15 is 0 Å². The molecule has 0 amide bonds. The largest absolute Gasteiger partial charge is 0.493 e. The van der Waals surface area contributed by atoms with Gasteiger partial charge >= 0.3 is 0 Å². The summed E-state index contributed by atoms with van der Waals surface area (Å²) in [5, 5.41) is 14.0. The first-order chi connectivity index (χ1) is 8.65. The molecule has 0 radical (unpaired) electrons. The normalized spacial score (nSPS) is 16.5. The summed E-state index contributed by atoms with van der Waals surface area (Å²) < 4.78 is 6.32. The molecule has 0 spiro atoms. The molecule has 1 aliphatic heterocycles. The molecule has 18 heavy (non-hydrogen) atoms. The summed E-state index contributed by atoms with van der Waals surface area (Å²) in [5.74, 6) is 1.08. The number of non-ortho nitro benzene ring substituents is 1. The monoisotopic (exact) mass is 314 g/mol. The maximum atomic E-state index is 10.7. The first-order valence-electron chi connectivity index (χ1n) is 5.93. The summed E-state index contributed by atoms with van der Waals surface area (Å²) in [6, 6.07) is 4.69. The van der Waals surface area contributed by atoms with Gasteiger partial charge in [0.25, 0.3) is 5.69 Å². The number of halogens is 1. The zero-order valence-electron chi connectivity index (χ0n) is 9.89. The van der Waals surface area contributed by atoms with Gasteiger partial charge in [0, 0.05) is 10.5 Å². The minimum atomic E-state index is -0.415. The van der Waals surface area contributed by atoms with Gasteiger partial charge in [-0.05, 0) is 37.9 Å². The summed E-state index contributed by atoms with van der Waals surface area (Å²) in [7, 11) is 0. The molecular formula is C12H15BrN2O3. The van der Waals surface area contributed by atoms with Crippen molar-refractivity contribution in [3.8, 4) is 5.75 Å². The third kappa shape index (κ3) is 3.68. The molecule has 6 heteroatoms. The Kier molecular flexibility index (Phi) is 4.54. The Labute approximate surface area is 114 Å².